The zero-order chi connectivity index (χ0) is 16.2. The zero-order valence-electron chi connectivity index (χ0n) is 12.6. The van der Waals surface area contributed by atoms with Gasteiger partial charge in [-0.3, -0.25) is 0 Å². The van der Waals surface area contributed by atoms with Crippen LogP contribution >= 0.6 is 0 Å². The van der Waals surface area contributed by atoms with E-state index in [2.05, 4.69) is 5.32 Å². The minimum absolute atomic E-state index is 0.0528. The van der Waals surface area contributed by atoms with Crippen molar-refractivity contribution in [2.24, 2.45) is 0 Å². The van der Waals surface area contributed by atoms with Crippen LogP contribution < -0.4 is 5.32 Å². The topological polar surface area (TPSA) is 95.9 Å². The van der Waals surface area contributed by atoms with Gasteiger partial charge in [0.25, 0.3) is 0 Å². The Bertz CT molecular complexity index is 533. The molecule has 0 radical (unpaired) electrons. The van der Waals surface area contributed by atoms with E-state index in [0.717, 1.165) is 5.56 Å². The molecule has 0 fully saturated rings. The lowest BCUT2D eigenvalue weighted by atomic mass is 10.0. The number of hydrogen-bond donors (Lipinski definition) is 3. The van der Waals surface area contributed by atoms with Crippen LogP contribution in [0.25, 0.3) is 0 Å². The lowest BCUT2D eigenvalue weighted by molar-refractivity contribution is -0.139. The Kier molecular flexibility index (Phi) is 5.18. The lowest BCUT2D eigenvalue weighted by Gasteiger charge is -2.22. The summed E-state index contributed by atoms with van der Waals surface area (Å²) in [4.78, 5) is 22.9. The van der Waals surface area contributed by atoms with Crippen molar-refractivity contribution in [2.45, 2.75) is 45.8 Å². The molecule has 3 N–H and O–H groups in total. The Balaban J connectivity index is 2.81. The molecule has 6 nitrogen and oxygen atoms in total. The predicted molar refractivity (Wildman–Crippen MR) is 77.3 cm³/mol. The highest BCUT2D eigenvalue weighted by Crippen LogP contribution is 2.18. The molecule has 1 amide bonds. The molecule has 0 saturated heterocycles. The second-order valence-electron chi connectivity index (χ2n) is 5.85. The van der Waals surface area contributed by atoms with E-state index in [-0.39, 0.29) is 12.2 Å². The first-order chi connectivity index (χ1) is 9.58. The number of alkyl carbamates (subject to hydrolysis) is 1. The van der Waals surface area contributed by atoms with Crippen molar-refractivity contribution in [3.8, 4) is 5.75 Å². The molecule has 0 aliphatic carbocycles. The number of carboxylic acids is 1. The van der Waals surface area contributed by atoms with E-state index >= 15 is 0 Å². The fourth-order valence-electron chi connectivity index (χ4n) is 1.75. The number of ether oxygens (including phenoxy) is 1. The SMILES string of the molecule is Cc1ccc(O)cc1C[C@H](NC(=O)OC(C)(C)C)C(=O)O. The van der Waals surface area contributed by atoms with Crippen LogP contribution in [0, 0.1) is 6.92 Å². The largest absolute Gasteiger partial charge is 0.508 e. The Morgan fingerprint density at radius 2 is 1.95 bits per heavy atom. The Morgan fingerprint density at radius 1 is 1.33 bits per heavy atom. The minimum atomic E-state index is -1.16. The number of carboxylic acid groups (broad SMARTS) is 1. The maximum absolute atomic E-state index is 11.7. The number of nitrogens with one attached hydrogen (secondary N) is 1. The summed E-state index contributed by atoms with van der Waals surface area (Å²) in [5.41, 5.74) is 0.789. The molecule has 0 bridgehead atoms. The molecular formula is C15H21NO5. The number of hydrogen-bond acceptors (Lipinski definition) is 4. The van der Waals surface area contributed by atoms with Crippen molar-refractivity contribution in [3.63, 3.8) is 0 Å². The highest BCUT2D eigenvalue weighted by atomic mass is 16.6. The van der Waals surface area contributed by atoms with Crippen LogP contribution in [0.15, 0.2) is 18.2 Å². The molecule has 0 aliphatic rings. The van der Waals surface area contributed by atoms with Crippen LogP contribution in [0.5, 0.6) is 5.75 Å². The van der Waals surface area contributed by atoms with Gasteiger partial charge >= 0.3 is 12.1 Å². The van der Waals surface area contributed by atoms with E-state index < -0.39 is 23.7 Å². The van der Waals surface area contributed by atoms with Gasteiger partial charge in [0, 0.05) is 6.42 Å². The van der Waals surface area contributed by atoms with Crippen LogP contribution in [0.1, 0.15) is 31.9 Å². The summed E-state index contributed by atoms with van der Waals surface area (Å²) in [6.45, 7) is 6.90. The molecular weight excluding hydrogens is 274 g/mol. The quantitative estimate of drug-likeness (QED) is 0.791. The first kappa shape index (κ1) is 16.8. The van der Waals surface area contributed by atoms with E-state index in [1.54, 1.807) is 33.8 Å². The van der Waals surface area contributed by atoms with Crippen LogP contribution in [-0.4, -0.2) is 33.9 Å². The van der Waals surface area contributed by atoms with Gasteiger partial charge in [-0.25, -0.2) is 9.59 Å². The molecule has 1 aromatic carbocycles. The fraction of sp³-hybridized carbons (Fsp3) is 0.467. The predicted octanol–water partition coefficient (Wildman–Crippen LogP) is 2.22. The van der Waals surface area contributed by atoms with Gasteiger partial charge < -0.3 is 20.3 Å². The molecule has 21 heavy (non-hydrogen) atoms. The Labute approximate surface area is 123 Å². The summed E-state index contributed by atoms with van der Waals surface area (Å²) >= 11 is 0. The molecule has 0 spiro atoms. The van der Waals surface area contributed by atoms with Gasteiger partial charge in [0.05, 0.1) is 0 Å². The Hall–Kier alpha value is -2.24. The molecule has 0 aromatic heterocycles. The minimum Gasteiger partial charge on any atom is -0.508 e. The van der Waals surface area contributed by atoms with E-state index in [1.165, 1.54) is 12.1 Å². The standard InChI is InChI=1S/C15H21NO5/c1-9-5-6-11(17)7-10(9)8-12(13(18)19)16-14(20)21-15(2,3)4/h5-7,12,17H,8H2,1-4H3,(H,16,20)(H,18,19)/t12-/m0/s1. The number of phenolic OH excluding ortho intramolecular Hbond substituents is 1. The number of phenols is 1. The number of aryl methyl sites for hydroxylation is 1. The van der Waals surface area contributed by atoms with Gasteiger partial charge in [0.15, 0.2) is 0 Å². The highest BCUT2D eigenvalue weighted by Gasteiger charge is 2.24. The summed E-state index contributed by atoms with van der Waals surface area (Å²) in [7, 11) is 0. The van der Waals surface area contributed by atoms with Gasteiger partial charge in [-0.1, -0.05) is 6.07 Å². The second-order valence-corrected chi connectivity index (χ2v) is 5.85. The smallest absolute Gasteiger partial charge is 0.408 e. The van der Waals surface area contributed by atoms with Gasteiger partial charge in [0.2, 0.25) is 0 Å². The number of carbonyl (C=O) groups is 2. The average molecular weight is 295 g/mol. The number of aromatic hydroxyl groups is 1. The van der Waals surface area contributed by atoms with E-state index in [0.29, 0.717) is 5.56 Å². The molecule has 0 saturated carbocycles. The van der Waals surface area contributed by atoms with Gasteiger partial charge in [-0.15, -0.1) is 0 Å². The summed E-state index contributed by atoms with van der Waals surface area (Å²) in [6, 6.07) is 3.58. The second kappa shape index (κ2) is 6.47. The number of carbonyl (C=O) groups excluding carboxylic acids is 1. The summed E-state index contributed by atoms with van der Waals surface area (Å²) < 4.78 is 5.05. The van der Waals surface area contributed by atoms with E-state index in [4.69, 9.17) is 4.74 Å². The number of benzene rings is 1. The first-order valence-electron chi connectivity index (χ1n) is 6.59. The van der Waals surface area contributed by atoms with Gasteiger partial charge in [-0.2, -0.15) is 0 Å². The van der Waals surface area contributed by atoms with Crippen LogP contribution in [0.3, 0.4) is 0 Å². The summed E-state index contributed by atoms with van der Waals surface area (Å²) in [6.07, 6.45) is -0.720. The lowest BCUT2D eigenvalue weighted by Crippen LogP contribution is -2.44. The molecule has 6 heteroatoms. The third-order valence-electron chi connectivity index (χ3n) is 2.75. The van der Waals surface area contributed by atoms with Crippen LogP contribution in [0.2, 0.25) is 0 Å². The third-order valence-corrected chi connectivity index (χ3v) is 2.75. The maximum Gasteiger partial charge on any atom is 0.408 e. The van der Waals surface area contributed by atoms with Gasteiger partial charge in [-0.05, 0) is 51.0 Å². The Morgan fingerprint density at radius 3 is 2.48 bits per heavy atom. The molecule has 0 unspecified atom stereocenters. The van der Waals surface area contributed by atoms with Gasteiger partial charge in [0.1, 0.15) is 17.4 Å². The van der Waals surface area contributed by atoms with Crippen LogP contribution in [0.4, 0.5) is 4.79 Å². The van der Waals surface area contributed by atoms with E-state index in [1.807, 2.05) is 0 Å². The fourth-order valence-corrected chi connectivity index (χ4v) is 1.75. The maximum atomic E-state index is 11.7. The van der Waals surface area contributed by atoms with Crippen molar-refractivity contribution in [3.05, 3.63) is 29.3 Å². The average Bonchev–Trinajstić information content (AvgIpc) is 2.30. The zero-order valence-corrected chi connectivity index (χ0v) is 12.6. The van der Waals surface area contributed by atoms with E-state index in [9.17, 15) is 19.8 Å². The molecule has 116 valence electrons. The molecule has 0 heterocycles. The van der Waals surface area contributed by atoms with Crippen molar-refractivity contribution >= 4 is 12.1 Å². The normalized spacial score (nSPS) is 12.6. The highest BCUT2D eigenvalue weighted by molar-refractivity contribution is 5.80. The molecule has 1 atom stereocenters. The van der Waals surface area contributed by atoms with Crippen molar-refractivity contribution in [2.75, 3.05) is 0 Å². The third kappa shape index (κ3) is 5.72. The summed E-state index contributed by atoms with van der Waals surface area (Å²) in [5.74, 6) is -1.11. The summed E-state index contributed by atoms with van der Waals surface area (Å²) in [5, 5.41) is 21.0. The monoisotopic (exact) mass is 295 g/mol. The number of amides is 1. The molecule has 1 aromatic rings. The van der Waals surface area contributed by atoms with Crippen molar-refractivity contribution in [1.29, 1.82) is 0 Å². The van der Waals surface area contributed by atoms with Crippen LogP contribution in [-0.2, 0) is 16.0 Å². The number of rotatable bonds is 4. The molecule has 0 aliphatic heterocycles. The van der Waals surface area contributed by atoms with Crippen molar-refractivity contribution < 1.29 is 24.5 Å². The van der Waals surface area contributed by atoms with Crippen molar-refractivity contribution in [1.82, 2.24) is 5.32 Å². The molecule has 1 rings (SSSR count). The first-order valence-corrected chi connectivity index (χ1v) is 6.59. The number of aliphatic carboxylic acids is 1.